The number of nitrogens with one attached hydrogen (secondary N) is 1. The van der Waals surface area contributed by atoms with E-state index in [1.54, 1.807) is 41.2 Å². The van der Waals surface area contributed by atoms with Gasteiger partial charge in [-0.3, -0.25) is 4.79 Å². The van der Waals surface area contributed by atoms with Crippen LogP contribution in [0.2, 0.25) is 0 Å². The molecule has 0 aliphatic heterocycles. The number of hydrogen-bond acceptors (Lipinski definition) is 4. The van der Waals surface area contributed by atoms with Crippen LogP contribution in [-0.4, -0.2) is 20.7 Å². The lowest BCUT2D eigenvalue weighted by molar-refractivity contribution is 0.1000. The fourth-order valence-corrected chi connectivity index (χ4v) is 3.24. The Morgan fingerprint density at radius 3 is 2.50 bits per heavy atom. The summed E-state index contributed by atoms with van der Waals surface area (Å²) in [6.07, 6.45) is 1.71. The van der Waals surface area contributed by atoms with Crippen LogP contribution < -0.4 is 11.1 Å². The molecule has 4 rings (SSSR count). The van der Waals surface area contributed by atoms with Crippen LogP contribution in [0.3, 0.4) is 0 Å². The van der Waals surface area contributed by atoms with Crippen molar-refractivity contribution in [1.29, 1.82) is 0 Å². The van der Waals surface area contributed by atoms with E-state index in [0.717, 1.165) is 33.9 Å². The van der Waals surface area contributed by atoms with Gasteiger partial charge in [-0.15, -0.1) is 0 Å². The van der Waals surface area contributed by atoms with Crippen molar-refractivity contribution >= 4 is 17.4 Å². The van der Waals surface area contributed by atoms with Crippen LogP contribution in [-0.2, 0) is 0 Å². The van der Waals surface area contributed by atoms with Gasteiger partial charge in [0.05, 0.1) is 17.1 Å². The van der Waals surface area contributed by atoms with E-state index in [0.29, 0.717) is 11.4 Å². The predicted molar refractivity (Wildman–Crippen MR) is 114 cm³/mol. The first-order valence-corrected chi connectivity index (χ1v) is 9.37. The average Bonchev–Trinajstić information content (AvgIpc) is 3.12. The molecule has 0 spiro atoms. The number of aromatic nitrogens is 3. The van der Waals surface area contributed by atoms with Gasteiger partial charge in [0, 0.05) is 23.0 Å². The molecule has 0 radical (unpaired) electrons. The van der Waals surface area contributed by atoms with Crippen molar-refractivity contribution in [3.8, 4) is 16.9 Å². The highest BCUT2D eigenvalue weighted by molar-refractivity contribution is 5.93. The smallest absolute Gasteiger partial charge is 0.248 e. The molecule has 0 fully saturated rings. The zero-order chi connectivity index (χ0) is 21.3. The van der Waals surface area contributed by atoms with Crippen molar-refractivity contribution in [2.75, 3.05) is 5.32 Å². The molecule has 0 saturated heterocycles. The molecule has 7 heteroatoms. The van der Waals surface area contributed by atoms with Crippen molar-refractivity contribution in [2.24, 2.45) is 5.73 Å². The Hall–Kier alpha value is -4.00. The summed E-state index contributed by atoms with van der Waals surface area (Å²) in [5.41, 5.74) is 10.9. The number of aryl methyl sites for hydroxylation is 2. The van der Waals surface area contributed by atoms with Crippen molar-refractivity contribution in [3.63, 3.8) is 0 Å². The highest BCUT2D eigenvalue weighted by Gasteiger charge is 2.12. The van der Waals surface area contributed by atoms with Crippen molar-refractivity contribution in [1.82, 2.24) is 14.8 Å². The highest BCUT2D eigenvalue weighted by atomic mass is 19.1. The van der Waals surface area contributed by atoms with Gasteiger partial charge in [-0.25, -0.2) is 14.1 Å². The molecule has 2 aromatic carbocycles. The Morgan fingerprint density at radius 1 is 1.03 bits per heavy atom. The maximum atomic E-state index is 13.3. The van der Waals surface area contributed by atoms with Crippen LogP contribution in [0.4, 0.5) is 15.9 Å². The minimum Gasteiger partial charge on any atom is -0.366 e. The van der Waals surface area contributed by atoms with E-state index < -0.39 is 5.91 Å². The molecule has 0 saturated carbocycles. The number of nitrogens with two attached hydrogens (primary N) is 1. The number of carbonyl (C=O) groups excluding carboxylic acids is 1. The van der Waals surface area contributed by atoms with Gasteiger partial charge in [0.1, 0.15) is 11.6 Å². The molecule has 2 aromatic heterocycles. The van der Waals surface area contributed by atoms with Gasteiger partial charge in [-0.2, -0.15) is 5.10 Å². The Kier molecular flexibility index (Phi) is 5.02. The van der Waals surface area contributed by atoms with E-state index in [2.05, 4.69) is 15.4 Å². The number of benzene rings is 2. The second-order valence-electron chi connectivity index (χ2n) is 7.01. The topological polar surface area (TPSA) is 85.8 Å². The van der Waals surface area contributed by atoms with Gasteiger partial charge in [0.15, 0.2) is 0 Å². The van der Waals surface area contributed by atoms with Crippen LogP contribution in [0.25, 0.3) is 16.9 Å². The molecule has 1 amide bonds. The monoisotopic (exact) mass is 401 g/mol. The standard InChI is InChI=1S/C23H20FN5O/c1-14-11-17(23(25)30)3-8-20(14)27-22-13-16(9-10-26-22)21-12-15(2)28-29(21)19-6-4-18(24)5-7-19/h3-13H,1-2H3,(H2,25,30)(H,26,27). The summed E-state index contributed by atoms with van der Waals surface area (Å²) in [6, 6.07) is 17.2. The summed E-state index contributed by atoms with van der Waals surface area (Å²) in [6.45, 7) is 3.80. The van der Waals surface area contributed by atoms with Crippen LogP contribution >= 0.6 is 0 Å². The van der Waals surface area contributed by atoms with Crippen molar-refractivity contribution < 1.29 is 9.18 Å². The fourth-order valence-electron chi connectivity index (χ4n) is 3.24. The molecule has 6 nitrogen and oxygen atoms in total. The van der Waals surface area contributed by atoms with Crippen molar-refractivity contribution in [2.45, 2.75) is 13.8 Å². The van der Waals surface area contributed by atoms with Crippen LogP contribution in [0, 0.1) is 19.7 Å². The number of carbonyl (C=O) groups is 1. The molecular formula is C23H20FN5O. The molecule has 3 N–H and O–H groups in total. The number of pyridine rings is 1. The van der Waals surface area contributed by atoms with E-state index >= 15 is 0 Å². The van der Waals surface area contributed by atoms with Gasteiger partial charge >= 0.3 is 0 Å². The van der Waals surface area contributed by atoms with Gasteiger partial charge in [0.25, 0.3) is 0 Å². The minimum atomic E-state index is -0.464. The van der Waals surface area contributed by atoms with Gasteiger partial charge in [-0.1, -0.05) is 0 Å². The second kappa shape index (κ2) is 7.79. The van der Waals surface area contributed by atoms with Gasteiger partial charge < -0.3 is 11.1 Å². The Balaban J connectivity index is 1.68. The zero-order valence-electron chi connectivity index (χ0n) is 16.6. The molecule has 0 aliphatic rings. The SMILES string of the molecule is Cc1cc(-c2ccnc(Nc3ccc(C(N)=O)cc3C)c2)n(-c2ccc(F)cc2)n1. The lowest BCUT2D eigenvalue weighted by Crippen LogP contribution is -2.11. The molecule has 0 aliphatic carbocycles. The quantitative estimate of drug-likeness (QED) is 0.514. The fraction of sp³-hybridized carbons (Fsp3) is 0.0870. The minimum absolute atomic E-state index is 0.294. The Labute approximate surface area is 173 Å². The number of amides is 1. The lowest BCUT2D eigenvalue weighted by atomic mass is 10.1. The van der Waals surface area contributed by atoms with Gasteiger partial charge in [0.2, 0.25) is 5.91 Å². The average molecular weight is 401 g/mol. The third-order valence-corrected chi connectivity index (χ3v) is 4.73. The lowest BCUT2D eigenvalue weighted by Gasteiger charge is -2.12. The summed E-state index contributed by atoms with van der Waals surface area (Å²) in [4.78, 5) is 15.8. The first-order valence-electron chi connectivity index (χ1n) is 9.37. The summed E-state index contributed by atoms with van der Waals surface area (Å²) in [7, 11) is 0. The van der Waals surface area contributed by atoms with Crippen LogP contribution in [0.1, 0.15) is 21.6 Å². The normalized spacial score (nSPS) is 10.8. The van der Waals surface area contributed by atoms with E-state index in [1.807, 2.05) is 32.0 Å². The van der Waals surface area contributed by atoms with Crippen LogP contribution in [0.5, 0.6) is 0 Å². The van der Waals surface area contributed by atoms with Crippen LogP contribution in [0.15, 0.2) is 66.9 Å². The third-order valence-electron chi connectivity index (χ3n) is 4.73. The summed E-state index contributed by atoms with van der Waals surface area (Å²) >= 11 is 0. The molecule has 2 heterocycles. The largest absolute Gasteiger partial charge is 0.366 e. The molecule has 0 bridgehead atoms. The zero-order valence-corrected chi connectivity index (χ0v) is 16.6. The number of anilines is 2. The first kappa shape index (κ1) is 19.3. The molecule has 0 atom stereocenters. The second-order valence-corrected chi connectivity index (χ2v) is 7.01. The molecule has 0 unspecified atom stereocenters. The van der Waals surface area contributed by atoms with Gasteiger partial charge in [-0.05, 0) is 80.1 Å². The number of primary amides is 1. The summed E-state index contributed by atoms with van der Waals surface area (Å²) < 4.78 is 15.1. The summed E-state index contributed by atoms with van der Waals surface area (Å²) in [5.74, 6) is -0.113. The van der Waals surface area contributed by atoms with E-state index in [9.17, 15) is 9.18 Å². The molecule has 30 heavy (non-hydrogen) atoms. The number of halogens is 1. The number of hydrogen-bond donors (Lipinski definition) is 2. The van der Waals surface area contributed by atoms with Crippen molar-refractivity contribution in [3.05, 3.63) is 89.5 Å². The Morgan fingerprint density at radius 2 is 1.80 bits per heavy atom. The predicted octanol–water partition coefficient (Wildman–Crippen LogP) is 4.53. The number of nitrogens with zero attached hydrogens (tertiary/aromatic N) is 3. The first-order chi connectivity index (χ1) is 14.4. The number of rotatable bonds is 5. The Bertz CT molecular complexity index is 1230. The highest BCUT2D eigenvalue weighted by Crippen LogP contribution is 2.27. The maximum Gasteiger partial charge on any atom is 0.248 e. The van der Waals surface area contributed by atoms with E-state index in [1.165, 1.54) is 12.1 Å². The molecule has 150 valence electrons. The van der Waals surface area contributed by atoms with E-state index in [4.69, 9.17) is 5.73 Å². The molecule has 4 aromatic rings. The van der Waals surface area contributed by atoms with E-state index in [-0.39, 0.29) is 5.82 Å². The maximum absolute atomic E-state index is 13.3. The summed E-state index contributed by atoms with van der Waals surface area (Å²) in [5, 5.41) is 7.83. The third kappa shape index (κ3) is 3.91. The molecular weight excluding hydrogens is 381 g/mol.